The second-order valence-electron chi connectivity index (χ2n) is 20.1. The van der Waals surface area contributed by atoms with E-state index in [1.165, 1.54) is 115 Å². The molecule has 0 aliphatic heterocycles. The van der Waals surface area contributed by atoms with Gasteiger partial charge in [-0.25, -0.2) is 0 Å². The molecule has 0 nitrogen and oxygen atoms in total. The van der Waals surface area contributed by atoms with Crippen LogP contribution in [0.5, 0.6) is 0 Å². The third-order valence-corrected chi connectivity index (χ3v) is 16.1. The Bertz CT molecular complexity index is 3010. The first-order valence-corrected chi connectivity index (χ1v) is 26.4. The van der Waals surface area contributed by atoms with Crippen molar-refractivity contribution in [3.63, 3.8) is 0 Å². The van der Waals surface area contributed by atoms with E-state index in [9.17, 15) is 0 Å². The SMILES string of the molecule is C=CCCCCC1(c2ccccc2)c2ccccc2-c2ccc(-c3ccc(-c4ccc(C(C)CC)cc4)cc3)cc21.C=CCCCCC1(c2ccccc2)c2ccccc2-c2ccc(C(C)CC)cc21. The maximum absolute atomic E-state index is 3.96. The summed E-state index contributed by atoms with van der Waals surface area (Å²) in [6.07, 6.45) is 15.5. The average molecular weight is 913 g/mol. The Labute approximate surface area is 420 Å². The fourth-order valence-corrected chi connectivity index (χ4v) is 11.8. The van der Waals surface area contributed by atoms with Crippen LogP contribution in [0.2, 0.25) is 0 Å². The lowest BCUT2D eigenvalue weighted by Gasteiger charge is -2.33. The predicted octanol–water partition coefficient (Wildman–Crippen LogP) is 19.9. The van der Waals surface area contributed by atoms with Gasteiger partial charge in [-0.05, 0) is 158 Å². The molecule has 0 heterocycles. The van der Waals surface area contributed by atoms with Crippen LogP contribution in [0.25, 0.3) is 44.5 Å². The van der Waals surface area contributed by atoms with Crippen LogP contribution in [0.3, 0.4) is 0 Å². The van der Waals surface area contributed by atoms with E-state index in [1.54, 1.807) is 0 Å². The van der Waals surface area contributed by atoms with Crippen molar-refractivity contribution in [2.24, 2.45) is 0 Å². The van der Waals surface area contributed by atoms with Gasteiger partial charge in [0.2, 0.25) is 0 Å². The molecule has 0 N–H and O–H groups in total. The molecule has 70 heavy (non-hydrogen) atoms. The molecule has 0 fully saturated rings. The molecule has 0 saturated heterocycles. The van der Waals surface area contributed by atoms with E-state index in [0.29, 0.717) is 11.8 Å². The minimum Gasteiger partial charge on any atom is -0.103 e. The monoisotopic (exact) mass is 913 g/mol. The van der Waals surface area contributed by atoms with Gasteiger partial charge in [-0.1, -0.05) is 241 Å². The molecule has 0 radical (unpaired) electrons. The molecule has 0 saturated carbocycles. The van der Waals surface area contributed by atoms with Crippen LogP contribution in [-0.2, 0) is 10.8 Å². The molecule has 0 amide bonds. The van der Waals surface area contributed by atoms with Crippen molar-refractivity contribution in [1.29, 1.82) is 0 Å². The Morgan fingerprint density at radius 2 is 0.743 bits per heavy atom. The molecule has 4 atom stereocenters. The molecule has 4 unspecified atom stereocenters. The molecule has 2 aliphatic carbocycles. The number of hydrogen-bond acceptors (Lipinski definition) is 0. The average Bonchev–Trinajstić information content (AvgIpc) is 3.88. The zero-order valence-corrected chi connectivity index (χ0v) is 42.3. The lowest BCUT2D eigenvalue weighted by molar-refractivity contribution is 0.529. The number of fused-ring (bicyclic) bond motifs is 6. The fraction of sp³-hybridized carbons (Fsp3) is 0.257. The maximum Gasteiger partial charge on any atom is 0.0463 e. The molecule has 0 bridgehead atoms. The van der Waals surface area contributed by atoms with Crippen LogP contribution >= 0.6 is 0 Å². The Hall–Kier alpha value is -6.76. The van der Waals surface area contributed by atoms with Gasteiger partial charge in [0, 0.05) is 10.8 Å². The van der Waals surface area contributed by atoms with Crippen LogP contribution in [0.4, 0.5) is 0 Å². The largest absolute Gasteiger partial charge is 0.103 e. The van der Waals surface area contributed by atoms with Gasteiger partial charge >= 0.3 is 0 Å². The third kappa shape index (κ3) is 9.22. The lowest BCUT2D eigenvalue weighted by Crippen LogP contribution is -2.27. The van der Waals surface area contributed by atoms with Gasteiger partial charge in [0.05, 0.1) is 0 Å². The second kappa shape index (κ2) is 21.9. The summed E-state index contributed by atoms with van der Waals surface area (Å²) >= 11 is 0. The molecular formula is C70H72. The zero-order valence-electron chi connectivity index (χ0n) is 42.3. The third-order valence-electron chi connectivity index (χ3n) is 16.1. The Morgan fingerprint density at radius 3 is 1.23 bits per heavy atom. The lowest BCUT2D eigenvalue weighted by atomic mass is 9.69. The first kappa shape index (κ1) is 48.3. The molecule has 8 aromatic rings. The number of unbranched alkanes of at least 4 members (excludes halogenated alkanes) is 4. The number of hydrogen-bond donors (Lipinski definition) is 0. The summed E-state index contributed by atoms with van der Waals surface area (Å²) in [5.74, 6) is 1.18. The molecule has 10 rings (SSSR count). The molecule has 8 aromatic carbocycles. The predicted molar refractivity (Wildman–Crippen MR) is 302 cm³/mol. The number of rotatable bonds is 18. The molecule has 0 aromatic heterocycles. The Balaban J connectivity index is 0.000000185. The van der Waals surface area contributed by atoms with Crippen molar-refractivity contribution in [3.8, 4) is 44.5 Å². The normalized spacial score (nSPS) is 17.0. The van der Waals surface area contributed by atoms with Gasteiger partial charge in [-0.2, -0.15) is 0 Å². The van der Waals surface area contributed by atoms with Crippen molar-refractivity contribution in [2.75, 3.05) is 0 Å². The molecular weight excluding hydrogens is 841 g/mol. The van der Waals surface area contributed by atoms with E-state index >= 15 is 0 Å². The van der Waals surface area contributed by atoms with Crippen LogP contribution < -0.4 is 0 Å². The van der Waals surface area contributed by atoms with Crippen LogP contribution in [0.1, 0.15) is 148 Å². The van der Waals surface area contributed by atoms with Crippen molar-refractivity contribution < 1.29 is 0 Å². The summed E-state index contributed by atoms with van der Waals surface area (Å²) in [4.78, 5) is 0. The first-order chi connectivity index (χ1) is 34.4. The van der Waals surface area contributed by atoms with Gasteiger partial charge in [-0.15, -0.1) is 13.2 Å². The highest BCUT2D eigenvalue weighted by Gasteiger charge is 2.45. The number of allylic oxidation sites excluding steroid dienone is 2. The maximum atomic E-state index is 3.96. The van der Waals surface area contributed by atoms with Crippen LogP contribution in [-0.4, -0.2) is 0 Å². The molecule has 2 aliphatic rings. The minimum absolute atomic E-state index is 0.0577. The van der Waals surface area contributed by atoms with Crippen LogP contribution in [0, 0.1) is 0 Å². The Kier molecular flexibility index (Phi) is 15.1. The highest BCUT2D eigenvalue weighted by Crippen LogP contribution is 2.57. The quantitative estimate of drug-likeness (QED) is 0.0594. The highest BCUT2D eigenvalue weighted by molar-refractivity contribution is 5.87. The van der Waals surface area contributed by atoms with E-state index in [-0.39, 0.29) is 10.8 Å². The summed E-state index contributed by atoms with van der Waals surface area (Å²) in [6.45, 7) is 17.1. The molecule has 0 spiro atoms. The van der Waals surface area contributed by atoms with E-state index in [0.717, 1.165) is 38.5 Å². The summed E-state index contributed by atoms with van der Waals surface area (Å²) in [5, 5.41) is 0. The molecule has 0 heteroatoms. The van der Waals surface area contributed by atoms with Crippen molar-refractivity contribution in [1.82, 2.24) is 0 Å². The summed E-state index contributed by atoms with van der Waals surface area (Å²) in [7, 11) is 0. The van der Waals surface area contributed by atoms with Crippen molar-refractivity contribution in [2.45, 2.75) is 115 Å². The van der Waals surface area contributed by atoms with Gasteiger partial charge in [0.15, 0.2) is 0 Å². The second-order valence-corrected chi connectivity index (χ2v) is 20.1. The first-order valence-electron chi connectivity index (χ1n) is 26.4. The van der Waals surface area contributed by atoms with Gasteiger partial charge < -0.3 is 0 Å². The molecule has 352 valence electrons. The van der Waals surface area contributed by atoms with E-state index < -0.39 is 0 Å². The zero-order chi connectivity index (χ0) is 48.5. The summed E-state index contributed by atoms with van der Waals surface area (Å²) in [6, 6.07) is 73.1. The summed E-state index contributed by atoms with van der Waals surface area (Å²) < 4.78 is 0. The van der Waals surface area contributed by atoms with E-state index in [2.05, 4.69) is 235 Å². The van der Waals surface area contributed by atoms with E-state index in [4.69, 9.17) is 0 Å². The van der Waals surface area contributed by atoms with Gasteiger partial charge in [0.1, 0.15) is 0 Å². The van der Waals surface area contributed by atoms with Crippen molar-refractivity contribution in [3.05, 3.63) is 264 Å². The number of benzene rings is 8. The highest BCUT2D eigenvalue weighted by atomic mass is 14.5. The fourth-order valence-electron chi connectivity index (χ4n) is 11.8. The Morgan fingerprint density at radius 1 is 0.371 bits per heavy atom. The smallest absolute Gasteiger partial charge is 0.0463 e. The summed E-state index contributed by atoms with van der Waals surface area (Å²) in [5.41, 5.74) is 22.0. The van der Waals surface area contributed by atoms with Gasteiger partial charge in [0.25, 0.3) is 0 Å². The topological polar surface area (TPSA) is 0 Å². The standard InChI is InChI=1S/C41H40.C29H32/c1-4-6-7-13-28-41(36-14-9-8-10-15-36)39-17-12-11-16-37(39)38-27-26-35(29-40(38)41)34-24-22-33(23-25-34)32-20-18-31(19-21-32)30(3)5-2;1-4-6-7-13-20-29(24-14-9-8-10-15-24)27-17-12-11-16-25(27)26-19-18-23(21-28(26)29)22(3)5-2/h4,8-12,14-27,29-30H,1,5-7,13,28H2,2-3H3;4,8-12,14-19,21-22H,1,5-7,13,20H2,2-3H3. The van der Waals surface area contributed by atoms with Crippen molar-refractivity contribution >= 4 is 0 Å². The van der Waals surface area contributed by atoms with E-state index in [1.807, 2.05) is 12.2 Å². The van der Waals surface area contributed by atoms with Crippen LogP contribution in [0.15, 0.2) is 219 Å². The van der Waals surface area contributed by atoms with Gasteiger partial charge in [-0.3, -0.25) is 0 Å². The minimum atomic E-state index is -0.151.